The molecule has 0 aromatic heterocycles. The van der Waals surface area contributed by atoms with Crippen molar-refractivity contribution >= 4 is 0 Å². The highest BCUT2D eigenvalue weighted by Gasteiger charge is 2.40. The van der Waals surface area contributed by atoms with Crippen molar-refractivity contribution in [2.24, 2.45) is 0 Å². The van der Waals surface area contributed by atoms with Crippen LogP contribution in [0.4, 0.5) is 17.9 Å². The minimum atomic E-state index is -2.46. The van der Waals surface area contributed by atoms with Crippen LogP contribution in [0.25, 0.3) is 0 Å². The maximum absolute atomic E-state index is 11.6. The Morgan fingerprint density at radius 1 is 1.10 bits per heavy atom. The van der Waals surface area contributed by atoms with Crippen LogP contribution in [0, 0.1) is 0 Å². The molecule has 0 fully saturated rings. The van der Waals surface area contributed by atoms with Gasteiger partial charge in [-0.1, -0.05) is 24.8 Å². The monoisotopic (exact) mass is 160 g/mol. The van der Waals surface area contributed by atoms with E-state index in [-0.39, 0.29) is 6.42 Å². The van der Waals surface area contributed by atoms with Crippen LogP contribution in [0.3, 0.4) is 0 Å². The third kappa shape index (κ3) is 1.57. The first-order chi connectivity index (χ1) is 4.45. The summed E-state index contributed by atoms with van der Waals surface area (Å²) in [6.07, 6.45) is -0.354. The zero-order valence-electron chi connectivity index (χ0n) is 5.61. The molecule has 0 N–H and O–H groups in total. The number of halogens is 4. The second-order valence-electron chi connectivity index (χ2n) is 2.04. The fourth-order valence-corrected chi connectivity index (χ4v) is 0.296. The van der Waals surface area contributed by atoms with Gasteiger partial charge in [-0.3, -0.25) is 0 Å². The van der Waals surface area contributed by atoms with E-state index in [1.807, 2.05) is 0 Å². The highest BCUT2D eigenvalue weighted by molar-refractivity contribution is 4.67. The first kappa shape index (κ1) is 9.64. The number of hydrogen-bond acceptors (Lipinski definition) is 2. The van der Waals surface area contributed by atoms with Crippen LogP contribution in [0.1, 0.15) is 20.3 Å². The first-order valence-corrected chi connectivity index (χ1v) is 2.68. The molecule has 0 unspecified atom stereocenters. The molecule has 0 saturated carbocycles. The van der Waals surface area contributed by atoms with Crippen LogP contribution in [-0.2, 0) is 0 Å². The van der Waals surface area contributed by atoms with Crippen molar-refractivity contribution in [2.75, 3.05) is 0 Å². The maximum atomic E-state index is 11.6. The van der Waals surface area contributed by atoms with Gasteiger partial charge < -0.3 is 0 Å². The number of rotatable bonds is 3. The Kier molecular flexibility index (Phi) is 3.04. The van der Waals surface area contributed by atoms with Crippen LogP contribution in [-0.4, -0.2) is 16.4 Å². The van der Waals surface area contributed by atoms with Crippen LogP contribution < -0.4 is 0 Å². The molecular formula is C4H8F4N2. The molecule has 0 spiro atoms. The molecule has 0 amide bonds. The molecule has 62 valence electrons. The van der Waals surface area contributed by atoms with Gasteiger partial charge in [0.05, 0.1) is 0 Å². The molecule has 6 heteroatoms. The average molecular weight is 160 g/mol. The first-order valence-electron chi connectivity index (χ1n) is 2.68. The molecule has 0 aliphatic carbocycles. The molecule has 0 aromatic rings. The van der Waals surface area contributed by atoms with Crippen molar-refractivity contribution in [1.82, 2.24) is 10.7 Å². The third-order valence-corrected chi connectivity index (χ3v) is 1.40. The molecular weight excluding hydrogens is 152 g/mol. The summed E-state index contributed by atoms with van der Waals surface area (Å²) in [4.78, 5) is 0. The van der Waals surface area contributed by atoms with Gasteiger partial charge in [-0.2, -0.15) is 0 Å². The SMILES string of the molecule is CCC(C)(N(F)F)N(F)F. The summed E-state index contributed by atoms with van der Waals surface area (Å²) in [7, 11) is 0. The van der Waals surface area contributed by atoms with E-state index in [4.69, 9.17) is 0 Å². The lowest BCUT2D eigenvalue weighted by Crippen LogP contribution is -2.44. The summed E-state index contributed by atoms with van der Waals surface area (Å²) in [5, 5.41) is -3.01. The predicted molar refractivity (Wildman–Crippen MR) is 26.8 cm³/mol. The second kappa shape index (κ2) is 3.16. The van der Waals surface area contributed by atoms with E-state index in [0.29, 0.717) is 0 Å². The van der Waals surface area contributed by atoms with Crippen molar-refractivity contribution in [3.8, 4) is 0 Å². The van der Waals surface area contributed by atoms with Gasteiger partial charge in [-0.05, 0) is 13.3 Å². The van der Waals surface area contributed by atoms with Gasteiger partial charge in [0.15, 0.2) is 5.66 Å². The molecule has 10 heavy (non-hydrogen) atoms. The Hall–Kier alpha value is -0.360. The summed E-state index contributed by atoms with van der Waals surface area (Å²) < 4.78 is 46.6. The standard InChI is InChI=1S/C4H8F4N2/c1-3-4(2,9(5)6)10(7)8/h3H2,1-2H3. The summed E-state index contributed by atoms with van der Waals surface area (Å²) in [6.45, 7) is 1.99. The third-order valence-electron chi connectivity index (χ3n) is 1.40. The van der Waals surface area contributed by atoms with Crippen LogP contribution >= 0.6 is 0 Å². The van der Waals surface area contributed by atoms with Crippen molar-refractivity contribution in [1.29, 1.82) is 0 Å². The van der Waals surface area contributed by atoms with Gasteiger partial charge in [-0.25, -0.2) is 0 Å². The van der Waals surface area contributed by atoms with Crippen molar-refractivity contribution in [3.63, 3.8) is 0 Å². The van der Waals surface area contributed by atoms with Gasteiger partial charge in [0.2, 0.25) is 0 Å². The number of nitrogens with zero attached hydrogens (tertiary/aromatic N) is 2. The number of hydrogen-bond donors (Lipinski definition) is 0. The Labute approximate surface area is 55.8 Å². The summed E-state index contributed by atoms with van der Waals surface area (Å²) in [6, 6.07) is 0. The normalized spacial score (nSPS) is 13.2. The van der Waals surface area contributed by atoms with Crippen LogP contribution in [0.2, 0.25) is 0 Å². The van der Waals surface area contributed by atoms with E-state index in [9.17, 15) is 17.9 Å². The van der Waals surface area contributed by atoms with Gasteiger partial charge in [0.1, 0.15) is 0 Å². The van der Waals surface area contributed by atoms with Gasteiger partial charge in [0, 0.05) is 10.7 Å². The van der Waals surface area contributed by atoms with Gasteiger partial charge in [0.25, 0.3) is 0 Å². The minimum absolute atomic E-state index is 0.354. The molecule has 0 rings (SSSR count). The van der Waals surface area contributed by atoms with Gasteiger partial charge in [-0.15, -0.1) is 0 Å². The molecule has 0 aliphatic heterocycles. The lowest BCUT2D eigenvalue weighted by molar-refractivity contribution is -0.366. The van der Waals surface area contributed by atoms with E-state index in [1.165, 1.54) is 6.92 Å². The highest BCUT2D eigenvalue weighted by atomic mass is 19.4. The predicted octanol–water partition coefficient (Wildman–Crippen LogP) is 2.25. The lowest BCUT2D eigenvalue weighted by Gasteiger charge is -2.26. The zero-order chi connectivity index (χ0) is 8.36. The van der Waals surface area contributed by atoms with E-state index in [2.05, 4.69) is 0 Å². The largest absolute Gasteiger partial charge is 0.193 e. The highest BCUT2D eigenvalue weighted by Crippen LogP contribution is 2.25. The Morgan fingerprint density at radius 3 is 1.40 bits per heavy atom. The summed E-state index contributed by atoms with van der Waals surface area (Å²) >= 11 is 0. The Balaban J connectivity index is 4.23. The second-order valence-corrected chi connectivity index (χ2v) is 2.04. The average Bonchev–Trinajstić information content (AvgIpc) is 1.85. The lowest BCUT2D eigenvalue weighted by atomic mass is 10.2. The topological polar surface area (TPSA) is 6.48 Å². The van der Waals surface area contributed by atoms with Crippen LogP contribution in [0.15, 0.2) is 0 Å². The molecule has 0 heterocycles. The Morgan fingerprint density at radius 2 is 1.40 bits per heavy atom. The van der Waals surface area contributed by atoms with E-state index in [0.717, 1.165) is 6.92 Å². The van der Waals surface area contributed by atoms with E-state index in [1.54, 1.807) is 0 Å². The minimum Gasteiger partial charge on any atom is -0.0993 e. The fourth-order valence-electron chi connectivity index (χ4n) is 0.296. The van der Waals surface area contributed by atoms with Gasteiger partial charge >= 0.3 is 0 Å². The fraction of sp³-hybridized carbons (Fsp3) is 1.00. The molecule has 0 aliphatic rings. The van der Waals surface area contributed by atoms with E-state index >= 15 is 0 Å². The molecule has 0 aromatic carbocycles. The summed E-state index contributed by atoms with van der Waals surface area (Å²) in [5.74, 6) is 0. The van der Waals surface area contributed by atoms with Crippen molar-refractivity contribution in [3.05, 3.63) is 0 Å². The maximum Gasteiger partial charge on any atom is 0.193 e. The van der Waals surface area contributed by atoms with Crippen molar-refractivity contribution < 1.29 is 17.9 Å². The zero-order valence-corrected chi connectivity index (χ0v) is 5.61. The molecule has 0 saturated heterocycles. The van der Waals surface area contributed by atoms with Crippen LogP contribution in [0.5, 0.6) is 0 Å². The molecule has 0 bridgehead atoms. The molecule has 2 nitrogen and oxygen atoms in total. The van der Waals surface area contributed by atoms with Crippen molar-refractivity contribution in [2.45, 2.75) is 25.9 Å². The summed E-state index contributed by atoms with van der Waals surface area (Å²) in [5.41, 5.74) is -2.46. The smallest absolute Gasteiger partial charge is 0.0993 e. The quantitative estimate of drug-likeness (QED) is 0.355. The molecule has 0 radical (unpaired) electrons. The van der Waals surface area contributed by atoms with E-state index < -0.39 is 16.4 Å². The molecule has 0 atom stereocenters. The Bertz CT molecular complexity index is 97.4.